The van der Waals surface area contributed by atoms with Crippen LogP contribution in [0.5, 0.6) is 0 Å². The van der Waals surface area contributed by atoms with Gasteiger partial charge in [0.05, 0.1) is 0 Å². The molecule has 0 radical (unpaired) electrons. The fourth-order valence-electron chi connectivity index (χ4n) is 1.87. The molecule has 0 fully saturated rings. The highest BCUT2D eigenvalue weighted by Gasteiger charge is 2.08. The summed E-state index contributed by atoms with van der Waals surface area (Å²) in [6, 6.07) is 11.5. The predicted molar refractivity (Wildman–Crippen MR) is 89.2 cm³/mol. The molecule has 6 heteroatoms. The van der Waals surface area contributed by atoms with Crippen molar-refractivity contribution in [1.82, 2.24) is 4.57 Å². The van der Waals surface area contributed by atoms with Crippen molar-refractivity contribution in [2.45, 2.75) is 20.4 Å². The lowest BCUT2D eigenvalue weighted by Gasteiger charge is -2.10. The minimum absolute atomic E-state index is 0.0501. The Morgan fingerprint density at radius 3 is 2.17 bits per heavy atom. The zero-order chi connectivity index (χ0) is 16.8. The Labute approximate surface area is 134 Å². The molecule has 1 aromatic heterocycles. The second kappa shape index (κ2) is 7.40. The van der Waals surface area contributed by atoms with Gasteiger partial charge in [0.25, 0.3) is 5.56 Å². The third kappa shape index (κ3) is 4.81. The number of hydrogen-bond acceptors (Lipinski definition) is 3. The van der Waals surface area contributed by atoms with E-state index in [4.69, 9.17) is 0 Å². The second-order valence-corrected chi connectivity index (χ2v) is 5.44. The highest BCUT2D eigenvalue weighted by atomic mass is 16.2. The molecular weight excluding hydrogens is 294 g/mol. The number of hydrogen-bond donors (Lipinski definition) is 2. The van der Waals surface area contributed by atoms with Gasteiger partial charge in [0.2, 0.25) is 11.8 Å². The Morgan fingerprint density at radius 1 is 1.00 bits per heavy atom. The standard InChI is InChI=1S/C17H19N3O3/c1-12(2)17(23)19-14-8-6-13(7-9-14)18-15(21)11-20-10-4-3-5-16(20)22/h3-10,12H,11H2,1-2H3,(H,18,21)(H,19,23). The van der Waals surface area contributed by atoms with Crippen molar-refractivity contribution in [1.29, 1.82) is 0 Å². The average Bonchev–Trinajstić information content (AvgIpc) is 2.51. The number of carbonyl (C=O) groups is 2. The number of benzene rings is 1. The van der Waals surface area contributed by atoms with Crippen molar-refractivity contribution in [2.24, 2.45) is 5.92 Å². The van der Waals surface area contributed by atoms with Crippen molar-refractivity contribution in [3.8, 4) is 0 Å². The van der Waals surface area contributed by atoms with E-state index in [0.717, 1.165) is 0 Å². The zero-order valence-electron chi connectivity index (χ0n) is 13.1. The maximum atomic E-state index is 11.9. The van der Waals surface area contributed by atoms with E-state index >= 15 is 0 Å². The molecule has 0 saturated heterocycles. The van der Waals surface area contributed by atoms with Crippen LogP contribution >= 0.6 is 0 Å². The Hall–Kier alpha value is -2.89. The van der Waals surface area contributed by atoms with Gasteiger partial charge in [-0.3, -0.25) is 14.4 Å². The van der Waals surface area contributed by atoms with Gasteiger partial charge >= 0.3 is 0 Å². The number of nitrogens with zero attached hydrogens (tertiary/aromatic N) is 1. The molecule has 1 heterocycles. The van der Waals surface area contributed by atoms with E-state index in [9.17, 15) is 14.4 Å². The van der Waals surface area contributed by atoms with Crippen LogP contribution in [0, 0.1) is 5.92 Å². The largest absolute Gasteiger partial charge is 0.326 e. The summed E-state index contributed by atoms with van der Waals surface area (Å²) in [7, 11) is 0. The first-order chi connectivity index (χ1) is 11.0. The molecule has 0 spiro atoms. The SMILES string of the molecule is CC(C)C(=O)Nc1ccc(NC(=O)Cn2ccccc2=O)cc1. The number of amides is 2. The number of anilines is 2. The summed E-state index contributed by atoms with van der Waals surface area (Å²) in [6.45, 7) is 3.58. The number of pyridine rings is 1. The second-order valence-electron chi connectivity index (χ2n) is 5.44. The molecule has 0 unspecified atom stereocenters. The van der Waals surface area contributed by atoms with Crippen molar-refractivity contribution in [3.05, 3.63) is 59.0 Å². The van der Waals surface area contributed by atoms with Crippen molar-refractivity contribution < 1.29 is 9.59 Å². The van der Waals surface area contributed by atoms with Gasteiger partial charge in [-0.1, -0.05) is 19.9 Å². The smallest absolute Gasteiger partial charge is 0.250 e. The normalized spacial score (nSPS) is 10.4. The maximum absolute atomic E-state index is 11.9. The molecule has 0 aliphatic heterocycles. The minimum atomic E-state index is -0.294. The van der Waals surface area contributed by atoms with E-state index in [1.807, 2.05) is 13.8 Å². The fourth-order valence-corrected chi connectivity index (χ4v) is 1.87. The summed E-state index contributed by atoms with van der Waals surface area (Å²) < 4.78 is 1.33. The Morgan fingerprint density at radius 2 is 1.61 bits per heavy atom. The first-order valence-corrected chi connectivity index (χ1v) is 7.32. The summed E-state index contributed by atoms with van der Waals surface area (Å²) in [5.74, 6) is -0.457. The highest BCUT2D eigenvalue weighted by molar-refractivity contribution is 5.93. The average molecular weight is 313 g/mol. The van der Waals surface area contributed by atoms with Gasteiger partial charge in [0.1, 0.15) is 6.54 Å². The van der Waals surface area contributed by atoms with Crippen molar-refractivity contribution in [3.63, 3.8) is 0 Å². The van der Waals surface area contributed by atoms with Gasteiger partial charge in [-0.05, 0) is 30.3 Å². The molecule has 0 aliphatic carbocycles. The van der Waals surface area contributed by atoms with Gasteiger partial charge in [-0.2, -0.15) is 0 Å². The molecule has 0 saturated carbocycles. The summed E-state index contributed by atoms with van der Waals surface area (Å²) in [5, 5.41) is 5.48. The fraction of sp³-hybridized carbons (Fsp3) is 0.235. The van der Waals surface area contributed by atoms with Crippen molar-refractivity contribution >= 4 is 23.2 Å². The molecule has 0 atom stereocenters. The first kappa shape index (κ1) is 16.5. The molecule has 1 aromatic carbocycles. The summed E-state index contributed by atoms with van der Waals surface area (Å²) in [6.07, 6.45) is 1.56. The van der Waals surface area contributed by atoms with Crippen LogP contribution in [0.15, 0.2) is 53.5 Å². The van der Waals surface area contributed by atoms with Gasteiger partial charge in [0.15, 0.2) is 0 Å². The topological polar surface area (TPSA) is 80.2 Å². The number of carbonyl (C=O) groups excluding carboxylic acids is 2. The molecule has 2 rings (SSSR count). The molecular formula is C17H19N3O3. The number of nitrogens with one attached hydrogen (secondary N) is 2. The molecule has 0 aliphatic rings. The lowest BCUT2D eigenvalue weighted by atomic mass is 10.2. The van der Waals surface area contributed by atoms with Gasteiger partial charge in [0, 0.05) is 29.6 Å². The first-order valence-electron chi connectivity index (χ1n) is 7.32. The molecule has 2 N–H and O–H groups in total. The Bertz CT molecular complexity index is 748. The van der Waals surface area contributed by atoms with Crippen molar-refractivity contribution in [2.75, 3.05) is 10.6 Å². The van der Waals surface area contributed by atoms with Crippen LogP contribution in [0.3, 0.4) is 0 Å². The van der Waals surface area contributed by atoms with Crippen LogP contribution in [-0.2, 0) is 16.1 Å². The molecule has 120 valence electrons. The lowest BCUT2D eigenvalue weighted by Crippen LogP contribution is -2.26. The predicted octanol–water partition coefficient (Wildman–Crippen LogP) is 2.08. The number of rotatable bonds is 5. The lowest BCUT2D eigenvalue weighted by molar-refractivity contribution is -0.119. The third-order valence-corrected chi connectivity index (χ3v) is 3.17. The van der Waals surface area contributed by atoms with Crippen LogP contribution < -0.4 is 16.2 Å². The van der Waals surface area contributed by atoms with Gasteiger partial charge in [-0.25, -0.2) is 0 Å². The van der Waals surface area contributed by atoms with Crippen LogP contribution in [0.1, 0.15) is 13.8 Å². The zero-order valence-corrected chi connectivity index (χ0v) is 13.1. The molecule has 23 heavy (non-hydrogen) atoms. The van der Waals surface area contributed by atoms with E-state index in [0.29, 0.717) is 11.4 Å². The van der Waals surface area contributed by atoms with Gasteiger partial charge in [-0.15, -0.1) is 0 Å². The molecule has 2 amide bonds. The molecule has 0 bridgehead atoms. The van der Waals surface area contributed by atoms with Gasteiger partial charge < -0.3 is 15.2 Å². The highest BCUT2D eigenvalue weighted by Crippen LogP contribution is 2.14. The molecule has 6 nitrogen and oxygen atoms in total. The van der Waals surface area contributed by atoms with E-state index in [-0.39, 0.29) is 29.8 Å². The summed E-state index contributed by atoms with van der Waals surface area (Å²) >= 11 is 0. The maximum Gasteiger partial charge on any atom is 0.250 e. The molecule has 2 aromatic rings. The van der Waals surface area contributed by atoms with Crippen LogP contribution in [0.2, 0.25) is 0 Å². The quantitative estimate of drug-likeness (QED) is 0.887. The Balaban J connectivity index is 1.95. The van der Waals surface area contributed by atoms with E-state index in [2.05, 4.69) is 10.6 Å². The van der Waals surface area contributed by atoms with E-state index < -0.39 is 0 Å². The van der Waals surface area contributed by atoms with E-state index in [1.165, 1.54) is 10.6 Å². The number of aromatic nitrogens is 1. The van der Waals surface area contributed by atoms with E-state index in [1.54, 1.807) is 42.6 Å². The third-order valence-electron chi connectivity index (χ3n) is 3.17. The summed E-state index contributed by atoms with van der Waals surface area (Å²) in [4.78, 5) is 35.1. The Kier molecular flexibility index (Phi) is 5.30. The van der Waals surface area contributed by atoms with Crippen LogP contribution in [0.25, 0.3) is 0 Å². The monoisotopic (exact) mass is 313 g/mol. The van der Waals surface area contributed by atoms with Crippen LogP contribution in [0.4, 0.5) is 11.4 Å². The minimum Gasteiger partial charge on any atom is -0.326 e. The van der Waals surface area contributed by atoms with Crippen LogP contribution in [-0.4, -0.2) is 16.4 Å². The summed E-state index contributed by atoms with van der Waals surface area (Å²) in [5.41, 5.74) is 1.04.